The quantitative estimate of drug-likeness (QED) is 0.157. The van der Waals surface area contributed by atoms with Gasteiger partial charge in [-0.1, -0.05) is 54.3 Å². The molecule has 3 aromatic rings. The summed E-state index contributed by atoms with van der Waals surface area (Å²) in [5.41, 5.74) is 7.70. The zero-order chi connectivity index (χ0) is 22.8. The molecule has 1 aromatic heterocycles. The Hall–Kier alpha value is -2.24. The summed E-state index contributed by atoms with van der Waals surface area (Å²) < 4.78 is 0.570. The van der Waals surface area contributed by atoms with Gasteiger partial charge in [0.15, 0.2) is 5.13 Å². The maximum absolute atomic E-state index is 12.9. The molecule has 2 aromatic carbocycles. The van der Waals surface area contributed by atoms with E-state index >= 15 is 0 Å². The van der Waals surface area contributed by atoms with Crippen LogP contribution in [0.4, 0.5) is 5.13 Å². The van der Waals surface area contributed by atoms with Gasteiger partial charge in [-0.15, -0.1) is 11.3 Å². The highest BCUT2D eigenvalue weighted by Crippen LogP contribution is 2.30. The third kappa shape index (κ3) is 7.14. The average molecular weight is 503 g/mol. The molecule has 1 atom stereocenters. The van der Waals surface area contributed by atoms with Crippen molar-refractivity contribution in [1.29, 1.82) is 0 Å². The van der Waals surface area contributed by atoms with Crippen molar-refractivity contribution < 1.29 is 9.59 Å². The van der Waals surface area contributed by atoms with Crippen LogP contribution in [0.25, 0.3) is 11.1 Å². The Morgan fingerprint density at radius 3 is 2.75 bits per heavy atom. The minimum Gasteiger partial charge on any atom is -0.317 e. The lowest BCUT2D eigenvalue weighted by Crippen LogP contribution is -2.45. The number of anilines is 1. The minimum absolute atomic E-state index is 0.306. The first-order chi connectivity index (χ1) is 15.6. The number of nitrogens with zero attached hydrogens (tertiary/aromatic N) is 1. The summed E-state index contributed by atoms with van der Waals surface area (Å²) in [6, 6.07) is 14.8. The van der Waals surface area contributed by atoms with Gasteiger partial charge in [-0.3, -0.25) is 10.2 Å². The van der Waals surface area contributed by atoms with E-state index in [0.717, 1.165) is 33.2 Å². The van der Waals surface area contributed by atoms with Crippen LogP contribution >= 0.6 is 47.1 Å². The molecule has 0 aliphatic rings. The number of aromatic nitrogens is 1. The lowest BCUT2D eigenvalue weighted by Gasteiger charge is -2.16. The van der Waals surface area contributed by atoms with Gasteiger partial charge in [0, 0.05) is 22.0 Å². The molecule has 0 aliphatic carbocycles. The monoisotopic (exact) mass is 502 g/mol. The first kappa shape index (κ1) is 24.4. The van der Waals surface area contributed by atoms with Gasteiger partial charge in [0.05, 0.1) is 6.04 Å². The van der Waals surface area contributed by atoms with Crippen molar-refractivity contribution in [3.63, 3.8) is 0 Å². The summed E-state index contributed by atoms with van der Waals surface area (Å²) in [6.07, 6.45) is 5.14. The Labute approximate surface area is 205 Å². The first-order valence-electron chi connectivity index (χ1n) is 9.68. The zero-order valence-electron chi connectivity index (χ0n) is 17.2. The zero-order valence-corrected chi connectivity index (χ0v) is 20.5. The van der Waals surface area contributed by atoms with Crippen LogP contribution in [0.1, 0.15) is 16.8 Å². The summed E-state index contributed by atoms with van der Waals surface area (Å²) in [5, 5.41) is 5.71. The number of carbonyl (C=O) groups is 2. The van der Waals surface area contributed by atoms with Crippen LogP contribution in [-0.4, -0.2) is 39.5 Å². The van der Waals surface area contributed by atoms with Crippen molar-refractivity contribution in [2.24, 2.45) is 0 Å². The summed E-state index contributed by atoms with van der Waals surface area (Å²) in [6.45, 7) is 0. The maximum Gasteiger partial charge on any atom is 0.266 e. The lowest BCUT2D eigenvalue weighted by molar-refractivity contribution is -0.109. The van der Waals surface area contributed by atoms with Gasteiger partial charge in [-0.2, -0.15) is 11.8 Å². The van der Waals surface area contributed by atoms with Crippen molar-refractivity contribution in [2.75, 3.05) is 17.3 Å². The van der Waals surface area contributed by atoms with Crippen molar-refractivity contribution in [3.05, 3.63) is 65.7 Å². The van der Waals surface area contributed by atoms with Gasteiger partial charge in [-0.05, 0) is 47.8 Å². The molecule has 0 unspecified atom stereocenters. The highest BCUT2D eigenvalue weighted by molar-refractivity contribution is 8.23. The maximum atomic E-state index is 12.9. The molecule has 10 heteroatoms. The fourth-order valence-corrected chi connectivity index (χ4v) is 5.00. The number of thioether (sulfide) groups is 2. The second kappa shape index (κ2) is 12.7. The third-order valence-electron chi connectivity index (χ3n) is 4.34. The number of hydrazine groups is 1. The predicted octanol–water partition coefficient (Wildman–Crippen LogP) is 4.85. The molecular weight excluding hydrogens is 481 g/mol. The Morgan fingerprint density at radius 1 is 1.25 bits per heavy atom. The fourth-order valence-electron chi connectivity index (χ4n) is 2.79. The van der Waals surface area contributed by atoms with Crippen molar-refractivity contribution in [1.82, 2.24) is 15.8 Å². The Bertz CT molecular complexity index is 1050. The van der Waals surface area contributed by atoms with Crippen LogP contribution < -0.4 is 16.2 Å². The number of benzene rings is 2. The summed E-state index contributed by atoms with van der Waals surface area (Å²) >= 11 is 9.96. The lowest BCUT2D eigenvalue weighted by atomic mass is 9.99. The number of thiocarbonyl (C=S) groups is 1. The molecule has 0 fully saturated rings. The van der Waals surface area contributed by atoms with Crippen LogP contribution in [0.15, 0.2) is 65.0 Å². The fraction of sp³-hybridized carbons (Fsp3) is 0.182. The van der Waals surface area contributed by atoms with E-state index in [1.54, 1.807) is 24.0 Å². The van der Waals surface area contributed by atoms with Gasteiger partial charge in [0.25, 0.3) is 5.91 Å². The third-order valence-corrected chi connectivity index (χ3v) is 6.80. The van der Waals surface area contributed by atoms with Gasteiger partial charge in [-0.25, -0.2) is 10.4 Å². The molecule has 0 saturated carbocycles. The molecule has 0 bridgehead atoms. The molecule has 3 rings (SSSR count). The molecule has 166 valence electrons. The number of hydrogen-bond donors (Lipinski definition) is 3. The van der Waals surface area contributed by atoms with E-state index in [0.29, 0.717) is 16.3 Å². The normalized spacial score (nSPS) is 11.5. The van der Waals surface area contributed by atoms with Gasteiger partial charge in [0.1, 0.15) is 10.6 Å². The largest absolute Gasteiger partial charge is 0.317 e. The van der Waals surface area contributed by atoms with Crippen molar-refractivity contribution in [2.45, 2.75) is 17.4 Å². The molecule has 0 aliphatic heterocycles. The molecular formula is C22H22N4O2S4. The number of hydrogen-bond acceptors (Lipinski definition) is 8. The van der Waals surface area contributed by atoms with E-state index in [1.165, 1.54) is 23.1 Å². The molecule has 0 saturated heterocycles. The van der Waals surface area contributed by atoms with E-state index < -0.39 is 6.04 Å². The van der Waals surface area contributed by atoms with Crippen LogP contribution in [0.2, 0.25) is 0 Å². The number of amides is 1. The van der Waals surface area contributed by atoms with Crippen molar-refractivity contribution >= 4 is 68.7 Å². The van der Waals surface area contributed by atoms with E-state index in [4.69, 9.17) is 12.2 Å². The van der Waals surface area contributed by atoms with E-state index in [1.807, 2.05) is 54.1 Å². The Kier molecular flexibility index (Phi) is 9.69. The summed E-state index contributed by atoms with van der Waals surface area (Å²) in [4.78, 5) is 29.3. The molecule has 0 spiro atoms. The number of rotatable bonds is 10. The van der Waals surface area contributed by atoms with Crippen LogP contribution in [0, 0.1) is 0 Å². The second-order valence-corrected chi connectivity index (χ2v) is 10.2. The Balaban J connectivity index is 1.78. The highest BCUT2D eigenvalue weighted by Gasteiger charge is 2.16. The van der Waals surface area contributed by atoms with Crippen LogP contribution in [0.5, 0.6) is 0 Å². The van der Waals surface area contributed by atoms with Gasteiger partial charge in [0.2, 0.25) is 0 Å². The summed E-state index contributed by atoms with van der Waals surface area (Å²) in [5.74, 6) is 0.516. The number of nitrogens with one attached hydrogen (secondary N) is 3. The molecule has 1 heterocycles. The summed E-state index contributed by atoms with van der Waals surface area (Å²) in [7, 11) is 0. The topological polar surface area (TPSA) is 83.1 Å². The van der Waals surface area contributed by atoms with E-state index in [9.17, 15) is 9.59 Å². The molecule has 32 heavy (non-hydrogen) atoms. The highest BCUT2D eigenvalue weighted by atomic mass is 32.2. The van der Waals surface area contributed by atoms with Gasteiger partial charge < -0.3 is 10.1 Å². The SMILES string of the molecule is CSCC[C@H](C=O)NNC(=O)c1ccc(SC(=S)Nc2nccs2)cc1-c1ccccc1. The molecule has 3 N–H and O–H groups in total. The number of carbonyl (C=O) groups excluding carboxylic acids is 2. The molecule has 0 radical (unpaired) electrons. The van der Waals surface area contributed by atoms with Gasteiger partial charge >= 0.3 is 0 Å². The van der Waals surface area contributed by atoms with Crippen molar-refractivity contribution in [3.8, 4) is 11.1 Å². The first-order valence-corrected chi connectivity index (χ1v) is 13.2. The molecule has 6 nitrogen and oxygen atoms in total. The number of thiazole rings is 1. The van der Waals surface area contributed by atoms with E-state index in [2.05, 4.69) is 21.2 Å². The Morgan fingerprint density at radius 2 is 2.06 bits per heavy atom. The smallest absolute Gasteiger partial charge is 0.266 e. The van der Waals surface area contributed by atoms with Crippen LogP contribution in [-0.2, 0) is 4.79 Å². The van der Waals surface area contributed by atoms with E-state index in [-0.39, 0.29) is 5.91 Å². The van der Waals surface area contributed by atoms with Crippen LogP contribution in [0.3, 0.4) is 0 Å². The average Bonchev–Trinajstić information content (AvgIpc) is 3.32. The minimum atomic E-state index is -0.435. The number of aldehydes is 1. The predicted molar refractivity (Wildman–Crippen MR) is 140 cm³/mol. The second-order valence-electron chi connectivity index (χ2n) is 6.55. The molecule has 1 amide bonds. The standard InChI is InChI=1S/C22H22N4O2S4/c1-30-11-9-16(14-27)25-26-20(28)18-8-7-17(13-19(18)15-5-3-2-4-6-15)32-22(29)24-21-23-10-12-31-21/h2-8,10,12-14,16,25H,9,11H2,1H3,(H,26,28)(H,23,24,29)/t16-/m1/s1.